The Hall–Kier alpha value is -0.120. The topological polar surface area (TPSA) is 24.5 Å². The Morgan fingerprint density at radius 2 is 1.89 bits per heavy atom. The smallest absolute Gasteiger partial charge is 0.0757 e. The molecule has 0 spiro atoms. The van der Waals surface area contributed by atoms with Crippen LogP contribution in [0.15, 0.2) is 0 Å². The Kier molecular flexibility index (Phi) is 4.29. The second kappa shape index (κ2) is 5.34. The van der Waals surface area contributed by atoms with E-state index in [1.54, 1.807) is 0 Å². The number of hydrogen-bond donors (Lipinski definition) is 1. The van der Waals surface area contributed by atoms with Crippen LogP contribution in [-0.2, 0) is 4.74 Å². The van der Waals surface area contributed by atoms with Gasteiger partial charge in [-0.3, -0.25) is 4.90 Å². The van der Waals surface area contributed by atoms with E-state index in [0.29, 0.717) is 23.6 Å². The van der Waals surface area contributed by atoms with Crippen LogP contribution in [0.4, 0.5) is 0 Å². The van der Waals surface area contributed by atoms with E-state index in [1.807, 2.05) is 0 Å². The van der Waals surface area contributed by atoms with Crippen molar-refractivity contribution >= 4 is 0 Å². The molecule has 0 aromatic carbocycles. The molecule has 19 heavy (non-hydrogen) atoms. The van der Waals surface area contributed by atoms with Crippen molar-refractivity contribution in [3.8, 4) is 0 Å². The van der Waals surface area contributed by atoms with E-state index in [0.717, 1.165) is 13.1 Å². The SMILES string of the molecule is CNC1CCC(C)(C)CC1N1CC(C)OC(C)(C)C1. The zero-order valence-electron chi connectivity index (χ0n) is 13.6. The molecular formula is C16H32N2O. The molecule has 0 radical (unpaired) electrons. The first-order valence-electron chi connectivity index (χ1n) is 7.82. The van der Waals surface area contributed by atoms with E-state index < -0.39 is 0 Å². The van der Waals surface area contributed by atoms with Crippen LogP contribution < -0.4 is 5.32 Å². The monoisotopic (exact) mass is 268 g/mol. The second-order valence-corrected chi connectivity index (χ2v) is 7.99. The number of morpholine rings is 1. The highest BCUT2D eigenvalue weighted by Crippen LogP contribution is 2.38. The van der Waals surface area contributed by atoms with Crippen molar-refractivity contribution in [3.63, 3.8) is 0 Å². The third kappa shape index (κ3) is 3.71. The molecule has 3 heteroatoms. The maximum absolute atomic E-state index is 6.05. The highest BCUT2D eigenvalue weighted by Gasteiger charge is 2.41. The fourth-order valence-electron chi connectivity index (χ4n) is 4.03. The number of likely N-dealkylation sites (N-methyl/N-ethyl adjacent to an activating group) is 1. The number of rotatable bonds is 2. The zero-order chi connectivity index (χ0) is 14.3. The van der Waals surface area contributed by atoms with E-state index in [-0.39, 0.29) is 5.60 Å². The van der Waals surface area contributed by atoms with Crippen LogP contribution in [0.3, 0.4) is 0 Å². The Morgan fingerprint density at radius 3 is 2.47 bits per heavy atom. The van der Waals surface area contributed by atoms with Gasteiger partial charge in [0.05, 0.1) is 11.7 Å². The van der Waals surface area contributed by atoms with Crippen LogP contribution in [0.1, 0.15) is 53.9 Å². The Bertz CT molecular complexity index is 314. The summed E-state index contributed by atoms with van der Waals surface area (Å²) in [6.07, 6.45) is 4.26. The molecule has 2 fully saturated rings. The highest BCUT2D eigenvalue weighted by molar-refractivity contribution is 4.97. The predicted molar refractivity (Wildman–Crippen MR) is 80.5 cm³/mol. The number of nitrogens with zero attached hydrogens (tertiary/aromatic N) is 1. The van der Waals surface area contributed by atoms with Gasteiger partial charge in [0.15, 0.2) is 0 Å². The largest absolute Gasteiger partial charge is 0.370 e. The molecule has 2 rings (SSSR count). The summed E-state index contributed by atoms with van der Waals surface area (Å²) in [7, 11) is 2.12. The predicted octanol–water partition coefficient (Wildman–Crippen LogP) is 2.65. The van der Waals surface area contributed by atoms with Gasteiger partial charge in [0, 0.05) is 25.2 Å². The fraction of sp³-hybridized carbons (Fsp3) is 1.00. The molecule has 1 saturated carbocycles. The molecule has 1 aliphatic heterocycles. The molecule has 3 atom stereocenters. The summed E-state index contributed by atoms with van der Waals surface area (Å²) in [6.45, 7) is 13.6. The third-order valence-corrected chi connectivity index (χ3v) is 4.79. The standard InChI is InChI=1S/C16H32N2O/c1-12-10-18(11-16(4,5)19-12)14-9-15(2,3)8-7-13(14)17-6/h12-14,17H,7-11H2,1-6H3. The first kappa shape index (κ1) is 15.3. The zero-order valence-corrected chi connectivity index (χ0v) is 13.6. The van der Waals surface area contributed by atoms with Gasteiger partial charge in [-0.15, -0.1) is 0 Å². The van der Waals surface area contributed by atoms with Gasteiger partial charge in [0.2, 0.25) is 0 Å². The minimum Gasteiger partial charge on any atom is -0.370 e. The Morgan fingerprint density at radius 1 is 1.21 bits per heavy atom. The van der Waals surface area contributed by atoms with E-state index in [1.165, 1.54) is 19.3 Å². The first-order chi connectivity index (χ1) is 8.72. The van der Waals surface area contributed by atoms with Gasteiger partial charge in [-0.25, -0.2) is 0 Å². The van der Waals surface area contributed by atoms with E-state index >= 15 is 0 Å². The quantitative estimate of drug-likeness (QED) is 0.833. The minimum absolute atomic E-state index is 0.0163. The molecule has 1 N–H and O–H groups in total. The lowest BCUT2D eigenvalue weighted by molar-refractivity contribution is -0.146. The van der Waals surface area contributed by atoms with Crippen LogP contribution in [-0.4, -0.2) is 48.8 Å². The molecule has 0 aromatic rings. The summed E-state index contributed by atoms with van der Waals surface area (Å²) in [4.78, 5) is 2.68. The lowest BCUT2D eigenvalue weighted by Gasteiger charge is -2.51. The second-order valence-electron chi connectivity index (χ2n) is 7.99. The highest BCUT2D eigenvalue weighted by atomic mass is 16.5. The van der Waals surface area contributed by atoms with Crippen LogP contribution in [0, 0.1) is 5.41 Å². The third-order valence-electron chi connectivity index (χ3n) is 4.79. The molecule has 0 aromatic heterocycles. The van der Waals surface area contributed by atoms with Crippen molar-refractivity contribution in [2.45, 2.75) is 77.7 Å². The average Bonchev–Trinajstić information content (AvgIpc) is 2.25. The molecule has 1 heterocycles. The van der Waals surface area contributed by atoms with Gasteiger partial charge in [-0.2, -0.15) is 0 Å². The number of ether oxygens (including phenoxy) is 1. The van der Waals surface area contributed by atoms with Crippen molar-refractivity contribution in [2.75, 3.05) is 20.1 Å². The summed E-state index contributed by atoms with van der Waals surface area (Å²) in [5.41, 5.74) is 0.460. The van der Waals surface area contributed by atoms with Crippen molar-refractivity contribution in [3.05, 3.63) is 0 Å². The van der Waals surface area contributed by atoms with Gasteiger partial charge in [-0.05, 0) is 52.5 Å². The van der Waals surface area contributed by atoms with E-state index in [9.17, 15) is 0 Å². The molecule has 2 aliphatic rings. The maximum Gasteiger partial charge on any atom is 0.0757 e. The lowest BCUT2D eigenvalue weighted by Crippen LogP contribution is -2.61. The van der Waals surface area contributed by atoms with Gasteiger partial charge < -0.3 is 10.1 Å². The average molecular weight is 268 g/mol. The molecule has 3 nitrogen and oxygen atoms in total. The molecule has 0 amide bonds. The Labute approximate surface area is 119 Å². The van der Waals surface area contributed by atoms with Crippen molar-refractivity contribution in [1.82, 2.24) is 10.2 Å². The normalized spacial score (nSPS) is 39.2. The summed E-state index contributed by atoms with van der Waals surface area (Å²) in [5, 5.41) is 3.55. The number of hydrogen-bond acceptors (Lipinski definition) is 3. The maximum atomic E-state index is 6.05. The van der Waals surface area contributed by atoms with Gasteiger partial charge in [-0.1, -0.05) is 13.8 Å². The molecule has 3 unspecified atom stereocenters. The summed E-state index contributed by atoms with van der Waals surface area (Å²) < 4.78 is 6.05. The van der Waals surface area contributed by atoms with Crippen molar-refractivity contribution < 1.29 is 4.74 Å². The lowest BCUT2D eigenvalue weighted by atomic mass is 9.72. The van der Waals surface area contributed by atoms with E-state index in [4.69, 9.17) is 4.74 Å². The van der Waals surface area contributed by atoms with Crippen LogP contribution in [0.5, 0.6) is 0 Å². The van der Waals surface area contributed by atoms with Gasteiger partial charge >= 0.3 is 0 Å². The molecule has 0 bridgehead atoms. The van der Waals surface area contributed by atoms with Gasteiger partial charge in [0.25, 0.3) is 0 Å². The van der Waals surface area contributed by atoms with Crippen molar-refractivity contribution in [1.29, 1.82) is 0 Å². The molecule has 112 valence electrons. The molecule has 1 saturated heterocycles. The van der Waals surface area contributed by atoms with Crippen LogP contribution >= 0.6 is 0 Å². The van der Waals surface area contributed by atoms with E-state index in [2.05, 4.69) is 51.9 Å². The fourth-order valence-corrected chi connectivity index (χ4v) is 4.03. The number of nitrogens with one attached hydrogen (secondary N) is 1. The molecule has 1 aliphatic carbocycles. The first-order valence-corrected chi connectivity index (χ1v) is 7.82. The Balaban J connectivity index is 2.12. The van der Waals surface area contributed by atoms with Crippen molar-refractivity contribution in [2.24, 2.45) is 5.41 Å². The molecular weight excluding hydrogens is 236 g/mol. The van der Waals surface area contributed by atoms with Crippen LogP contribution in [0.2, 0.25) is 0 Å². The minimum atomic E-state index is -0.0163. The summed E-state index contributed by atoms with van der Waals surface area (Å²) in [5.74, 6) is 0. The van der Waals surface area contributed by atoms with Gasteiger partial charge in [0.1, 0.15) is 0 Å². The van der Waals surface area contributed by atoms with Crippen LogP contribution in [0.25, 0.3) is 0 Å². The summed E-state index contributed by atoms with van der Waals surface area (Å²) in [6, 6.07) is 1.29. The summed E-state index contributed by atoms with van der Waals surface area (Å²) >= 11 is 0.